The van der Waals surface area contributed by atoms with Gasteiger partial charge in [-0.3, -0.25) is 0 Å². The van der Waals surface area contributed by atoms with Gasteiger partial charge in [-0.05, 0) is 50.0 Å². The number of rotatable bonds is 3. The number of aryl methyl sites for hydroxylation is 1. The second-order valence-electron chi connectivity index (χ2n) is 6.38. The topological polar surface area (TPSA) is 29.3 Å². The summed E-state index contributed by atoms with van der Waals surface area (Å²) >= 11 is 0. The molecule has 2 unspecified atom stereocenters. The van der Waals surface area contributed by atoms with Crippen molar-refractivity contribution >= 4 is 0 Å². The molecular formula is C19H24N2. The molecule has 2 N–H and O–H groups in total. The van der Waals surface area contributed by atoms with Crippen molar-refractivity contribution in [2.75, 3.05) is 14.1 Å². The molecular weight excluding hydrogens is 256 g/mol. The number of fused-ring (bicyclic) bond motifs is 1. The first-order chi connectivity index (χ1) is 10.1. The van der Waals surface area contributed by atoms with Crippen LogP contribution in [0.5, 0.6) is 0 Å². The first-order valence-corrected chi connectivity index (χ1v) is 7.69. The SMILES string of the molecule is CN(C)C1CCc2ccccc2C1(N)Cc1ccccc1. The minimum absolute atomic E-state index is 0.320. The van der Waals surface area contributed by atoms with Gasteiger partial charge in [0.1, 0.15) is 0 Å². The summed E-state index contributed by atoms with van der Waals surface area (Å²) in [6.07, 6.45) is 3.12. The Morgan fingerprint density at radius 1 is 1.05 bits per heavy atom. The Kier molecular flexibility index (Phi) is 3.83. The highest BCUT2D eigenvalue weighted by Crippen LogP contribution is 2.38. The van der Waals surface area contributed by atoms with Crippen LogP contribution in [-0.4, -0.2) is 25.0 Å². The van der Waals surface area contributed by atoms with Gasteiger partial charge in [-0.1, -0.05) is 54.6 Å². The van der Waals surface area contributed by atoms with Gasteiger partial charge in [0.25, 0.3) is 0 Å². The van der Waals surface area contributed by atoms with Gasteiger partial charge in [0.15, 0.2) is 0 Å². The Bertz CT molecular complexity index is 606. The Morgan fingerprint density at radius 2 is 1.71 bits per heavy atom. The van der Waals surface area contributed by atoms with Gasteiger partial charge in [0, 0.05) is 6.04 Å². The van der Waals surface area contributed by atoms with Crippen molar-refractivity contribution in [1.29, 1.82) is 0 Å². The zero-order valence-corrected chi connectivity index (χ0v) is 12.9. The molecule has 21 heavy (non-hydrogen) atoms. The van der Waals surface area contributed by atoms with Crippen molar-refractivity contribution in [3.8, 4) is 0 Å². The van der Waals surface area contributed by atoms with Crippen LogP contribution in [0.25, 0.3) is 0 Å². The molecule has 0 saturated heterocycles. The number of hydrogen-bond acceptors (Lipinski definition) is 2. The molecule has 1 aliphatic rings. The second-order valence-corrected chi connectivity index (χ2v) is 6.38. The average Bonchev–Trinajstić information content (AvgIpc) is 2.48. The van der Waals surface area contributed by atoms with Crippen molar-refractivity contribution in [2.45, 2.75) is 30.8 Å². The van der Waals surface area contributed by atoms with Crippen molar-refractivity contribution in [1.82, 2.24) is 4.90 Å². The van der Waals surface area contributed by atoms with Crippen LogP contribution >= 0.6 is 0 Å². The summed E-state index contributed by atoms with van der Waals surface area (Å²) in [6.45, 7) is 0. The largest absolute Gasteiger partial charge is 0.320 e. The van der Waals surface area contributed by atoms with E-state index < -0.39 is 0 Å². The molecule has 0 amide bonds. The standard InChI is InChI=1S/C19H24N2/c1-21(2)18-13-12-16-10-6-7-11-17(16)19(18,20)14-15-8-4-3-5-9-15/h3-11,18H,12-14,20H2,1-2H3. The van der Waals surface area contributed by atoms with Crippen LogP contribution in [0.1, 0.15) is 23.1 Å². The summed E-state index contributed by atoms with van der Waals surface area (Å²) in [5.41, 5.74) is 10.7. The summed E-state index contributed by atoms with van der Waals surface area (Å²) in [6, 6.07) is 19.7. The van der Waals surface area contributed by atoms with Crippen molar-refractivity contribution in [3.05, 3.63) is 71.3 Å². The number of likely N-dealkylation sites (N-methyl/N-ethyl adjacent to an activating group) is 1. The lowest BCUT2D eigenvalue weighted by Crippen LogP contribution is -2.58. The van der Waals surface area contributed by atoms with Crippen LogP contribution in [0.2, 0.25) is 0 Å². The molecule has 0 heterocycles. The van der Waals surface area contributed by atoms with E-state index in [2.05, 4.69) is 73.6 Å². The molecule has 0 spiro atoms. The fourth-order valence-electron chi connectivity index (χ4n) is 3.79. The summed E-state index contributed by atoms with van der Waals surface area (Å²) in [7, 11) is 4.29. The van der Waals surface area contributed by atoms with Gasteiger partial charge in [0.05, 0.1) is 5.54 Å². The highest BCUT2D eigenvalue weighted by Gasteiger charge is 2.42. The third-order valence-electron chi connectivity index (χ3n) is 4.76. The van der Waals surface area contributed by atoms with Gasteiger partial charge in [0.2, 0.25) is 0 Å². The number of nitrogens with zero attached hydrogens (tertiary/aromatic N) is 1. The Balaban J connectivity index is 2.05. The fraction of sp³-hybridized carbons (Fsp3) is 0.368. The van der Waals surface area contributed by atoms with Crippen LogP contribution in [0.15, 0.2) is 54.6 Å². The maximum atomic E-state index is 7.01. The maximum absolute atomic E-state index is 7.01. The summed E-state index contributed by atoms with van der Waals surface area (Å²) < 4.78 is 0. The highest BCUT2D eigenvalue weighted by atomic mass is 15.1. The lowest BCUT2D eigenvalue weighted by Gasteiger charge is -2.46. The van der Waals surface area contributed by atoms with Crippen molar-refractivity contribution < 1.29 is 0 Å². The summed E-state index contributed by atoms with van der Waals surface area (Å²) in [5.74, 6) is 0. The van der Waals surface area contributed by atoms with Gasteiger partial charge >= 0.3 is 0 Å². The second kappa shape index (κ2) is 5.63. The molecule has 2 heteroatoms. The van der Waals surface area contributed by atoms with Gasteiger partial charge in [-0.2, -0.15) is 0 Å². The van der Waals surface area contributed by atoms with Crippen LogP contribution in [-0.2, 0) is 18.4 Å². The first kappa shape index (κ1) is 14.3. The van der Waals surface area contributed by atoms with E-state index in [1.165, 1.54) is 16.7 Å². The summed E-state index contributed by atoms with van der Waals surface area (Å²) in [5, 5.41) is 0. The quantitative estimate of drug-likeness (QED) is 0.936. The van der Waals surface area contributed by atoms with Crippen LogP contribution < -0.4 is 5.73 Å². The van der Waals surface area contributed by atoms with E-state index in [0.29, 0.717) is 6.04 Å². The molecule has 2 aromatic carbocycles. The maximum Gasteiger partial charge on any atom is 0.0610 e. The third kappa shape index (κ3) is 2.61. The molecule has 0 aromatic heterocycles. The zero-order chi connectivity index (χ0) is 14.9. The van der Waals surface area contributed by atoms with Gasteiger partial charge in [-0.15, -0.1) is 0 Å². The molecule has 0 radical (unpaired) electrons. The number of nitrogens with two attached hydrogens (primary N) is 1. The fourth-order valence-corrected chi connectivity index (χ4v) is 3.79. The lowest BCUT2D eigenvalue weighted by molar-refractivity contribution is 0.152. The number of benzene rings is 2. The van der Waals surface area contributed by atoms with E-state index in [-0.39, 0.29) is 5.54 Å². The van der Waals surface area contributed by atoms with Crippen LogP contribution in [0.4, 0.5) is 0 Å². The highest BCUT2D eigenvalue weighted by molar-refractivity contribution is 5.40. The zero-order valence-electron chi connectivity index (χ0n) is 12.9. The molecule has 2 aromatic rings. The molecule has 0 aliphatic heterocycles. The Morgan fingerprint density at radius 3 is 2.43 bits per heavy atom. The molecule has 110 valence electrons. The van der Waals surface area contributed by atoms with E-state index in [0.717, 1.165) is 19.3 Å². The molecule has 0 saturated carbocycles. The van der Waals surface area contributed by atoms with E-state index in [9.17, 15) is 0 Å². The minimum atomic E-state index is -0.320. The van der Waals surface area contributed by atoms with Crippen molar-refractivity contribution in [3.63, 3.8) is 0 Å². The average molecular weight is 280 g/mol. The molecule has 2 atom stereocenters. The monoisotopic (exact) mass is 280 g/mol. The molecule has 1 aliphatic carbocycles. The Hall–Kier alpha value is -1.64. The minimum Gasteiger partial charge on any atom is -0.320 e. The van der Waals surface area contributed by atoms with E-state index in [4.69, 9.17) is 5.73 Å². The van der Waals surface area contributed by atoms with Crippen molar-refractivity contribution in [2.24, 2.45) is 5.73 Å². The number of hydrogen-bond donors (Lipinski definition) is 1. The molecule has 2 nitrogen and oxygen atoms in total. The van der Waals surface area contributed by atoms with Crippen LogP contribution in [0, 0.1) is 0 Å². The van der Waals surface area contributed by atoms with Gasteiger partial charge < -0.3 is 10.6 Å². The summed E-state index contributed by atoms with van der Waals surface area (Å²) in [4.78, 5) is 2.29. The predicted octanol–water partition coefficient (Wildman–Crippen LogP) is 2.96. The molecule has 3 rings (SSSR count). The van der Waals surface area contributed by atoms with Gasteiger partial charge in [-0.25, -0.2) is 0 Å². The Labute approximate surface area is 127 Å². The molecule has 0 fully saturated rings. The molecule has 0 bridgehead atoms. The van der Waals surface area contributed by atoms with E-state index >= 15 is 0 Å². The predicted molar refractivity (Wildman–Crippen MR) is 88.2 cm³/mol. The third-order valence-corrected chi connectivity index (χ3v) is 4.76. The first-order valence-electron chi connectivity index (χ1n) is 7.69. The van der Waals surface area contributed by atoms with E-state index in [1.807, 2.05) is 0 Å². The smallest absolute Gasteiger partial charge is 0.0610 e. The normalized spacial score (nSPS) is 24.9. The van der Waals surface area contributed by atoms with Crippen LogP contribution in [0.3, 0.4) is 0 Å². The lowest BCUT2D eigenvalue weighted by atomic mass is 9.70. The van der Waals surface area contributed by atoms with E-state index in [1.54, 1.807) is 0 Å².